The summed E-state index contributed by atoms with van der Waals surface area (Å²) in [4.78, 5) is 7.06. The van der Waals surface area contributed by atoms with Crippen LogP contribution in [0.2, 0.25) is 0 Å². The highest BCUT2D eigenvalue weighted by Crippen LogP contribution is 2.27. The van der Waals surface area contributed by atoms with Crippen LogP contribution in [-0.4, -0.2) is 4.57 Å². The van der Waals surface area contributed by atoms with E-state index in [1.807, 2.05) is 36.4 Å². The summed E-state index contributed by atoms with van der Waals surface area (Å²) in [6.45, 7) is 0. The van der Waals surface area contributed by atoms with Crippen molar-refractivity contribution in [2.45, 2.75) is 0 Å². The van der Waals surface area contributed by atoms with E-state index in [9.17, 15) is 0 Å². The van der Waals surface area contributed by atoms with Crippen LogP contribution in [0.3, 0.4) is 0 Å². The second-order valence-corrected chi connectivity index (χ2v) is 6.78. The maximum atomic E-state index is 4.83. The monoisotopic (exact) mass is 334 g/mol. The number of hydrogen-bond donors (Lipinski definition) is 0. The van der Waals surface area contributed by atoms with Gasteiger partial charge < -0.3 is 0 Å². The lowest BCUT2D eigenvalue weighted by Gasteiger charge is -2.07. The van der Waals surface area contributed by atoms with E-state index >= 15 is 0 Å². The van der Waals surface area contributed by atoms with E-state index in [2.05, 4.69) is 51.7 Å². The molecule has 0 spiro atoms. The Bertz CT molecular complexity index is 950. The number of thiazole rings is 1. The van der Waals surface area contributed by atoms with Crippen molar-refractivity contribution in [3.63, 3.8) is 0 Å². The number of hydrogen-bond acceptors (Lipinski definition) is 3. The van der Waals surface area contributed by atoms with Crippen molar-refractivity contribution in [2.75, 3.05) is 0 Å². The number of nitrogens with zero attached hydrogens (tertiary/aromatic N) is 2. The molecule has 2 heterocycles. The first-order valence-electron chi connectivity index (χ1n) is 7.31. The van der Waals surface area contributed by atoms with E-state index in [-0.39, 0.29) is 0 Å². The SMILES string of the molecule is c1ccc(N=c2scc(-c3cccs3)n2-c2ccccc2)cc1. The highest BCUT2D eigenvalue weighted by molar-refractivity contribution is 7.14. The fraction of sp³-hybridized carbons (Fsp3) is 0. The van der Waals surface area contributed by atoms with E-state index in [4.69, 9.17) is 4.99 Å². The van der Waals surface area contributed by atoms with Crippen molar-refractivity contribution in [1.82, 2.24) is 4.57 Å². The molecule has 0 aliphatic rings. The second-order valence-electron chi connectivity index (χ2n) is 5.00. The first-order chi connectivity index (χ1) is 11.4. The Labute approximate surface area is 142 Å². The van der Waals surface area contributed by atoms with E-state index in [1.54, 1.807) is 22.7 Å². The average Bonchev–Trinajstić information content (AvgIpc) is 3.26. The van der Waals surface area contributed by atoms with Crippen LogP contribution < -0.4 is 4.80 Å². The molecule has 0 saturated heterocycles. The maximum Gasteiger partial charge on any atom is 0.195 e. The predicted molar refractivity (Wildman–Crippen MR) is 98.6 cm³/mol. The zero-order valence-electron chi connectivity index (χ0n) is 12.3. The zero-order chi connectivity index (χ0) is 15.5. The Kier molecular flexibility index (Phi) is 3.92. The van der Waals surface area contributed by atoms with Gasteiger partial charge in [-0.25, -0.2) is 4.99 Å². The largest absolute Gasteiger partial charge is 0.284 e. The molecule has 112 valence electrons. The number of aromatic nitrogens is 1. The first-order valence-corrected chi connectivity index (χ1v) is 9.07. The van der Waals surface area contributed by atoms with Gasteiger partial charge in [0.25, 0.3) is 0 Å². The van der Waals surface area contributed by atoms with Gasteiger partial charge in [0.2, 0.25) is 0 Å². The Morgan fingerprint density at radius 1 is 0.739 bits per heavy atom. The summed E-state index contributed by atoms with van der Waals surface area (Å²) < 4.78 is 2.23. The van der Waals surface area contributed by atoms with E-state index in [0.29, 0.717) is 0 Å². The van der Waals surface area contributed by atoms with Gasteiger partial charge in [0.1, 0.15) is 0 Å². The molecule has 23 heavy (non-hydrogen) atoms. The molecule has 0 atom stereocenters. The molecular weight excluding hydrogens is 320 g/mol. The smallest absolute Gasteiger partial charge is 0.195 e. The highest BCUT2D eigenvalue weighted by atomic mass is 32.1. The Hall–Kier alpha value is -2.43. The van der Waals surface area contributed by atoms with Gasteiger partial charge >= 0.3 is 0 Å². The molecule has 0 bridgehead atoms. The van der Waals surface area contributed by atoms with E-state index < -0.39 is 0 Å². The van der Waals surface area contributed by atoms with Gasteiger partial charge in [-0.2, -0.15) is 0 Å². The molecule has 0 fully saturated rings. The number of thiophene rings is 1. The molecule has 4 rings (SSSR count). The van der Waals surface area contributed by atoms with Crippen molar-refractivity contribution >= 4 is 28.4 Å². The molecular formula is C19H14N2S2. The van der Waals surface area contributed by atoms with Crippen LogP contribution in [0, 0.1) is 0 Å². The van der Waals surface area contributed by atoms with Crippen LogP contribution >= 0.6 is 22.7 Å². The summed E-state index contributed by atoms with van der Waals surface area (Å²) >= 11 is 3.42. The van der Waals surface area contributed by atoms with Crippen LogP contribution in [0.1, 0.15) is 0 Å². The molecule has 0 aliphatic carbocycles. The fourth-order valence-electron chi connectivity index (χ4n) is 2.43. The van der Waals surface area contributed by atoms with Crippen molar-refractivity contribution in [3.05, 3.63) is 88.4 Å². The molecule has 0 aliphatic heterocycles. The fourth-order valence-corrected chi connectivity index (χ4v) is 4.15. The summed E-state index contributed by atoms with van der Waals surface area (Å²) in [5.41, 5.74) is 3.29. The van der Waals surface area contributed by atoms with Gasteiger partial charge in [0.15, 0.2) is 4.80 Å². The summed E-state index contributed by atoms with van der Waals surface area (Å²) in [5.74, 6) is 0. The summed E-state index contributed by atoms with van der Waals surface area (Å²) in [5, 5.41) is 4.29. The summed E-state index contributed by atoms with van der Waals surface area (Å²) in [6, 6.07) is 24.7. The van der Waals surface area contributed by atoms with Gasteiger partial charge in [-0.05, 0) is 35.7 Å². The lowest BCUT2D eigenvalue weighted by molar-refractivity contribution is 1.02. The normalized spacial score (nSPS) is 11.7. The number of benzene rings is 2. The molecule has 0 unspecified atom stereocenters. The zero-order valence-corrected chi connectivity index (χ0v) is 13.9. The third-order valence-electron chi connectivity index (χ3n) is 3.48. The molecule has 2 nitrogen and oxygen atoms in total. The van der Waals surface area contributed by atoms with Crippen molar-refractivity contribution in [2.24, 2.45) is 4.99 Å². The van der Waals surface area contributed by atoms with Crippen LogP contribution in [0.4, 0.5) is 5.69 Å². The predicted octanol–water partition coefficient (Wildman–Crippen LogP) is 5.50. The maximum absolute atomic E-state index is 4.83. The van der Waals surface area contributed by atoms with Crippen LogP contribution in [-0.2, 0) is 0 Å². The molecule has 0 amide bonds. The van der Waals surface area contributed by atoms with Crippen LogP contribution in [0.15, 0.2) is 88.5 Å². The van der Waals surface area contributed by atoms with Gasteiger partial charge in [0.05, 0.1) is 16.3 Å². The standard InChI is InChI=1S/C19H14N2S2/c1-3-8-15(9-4-1)20-19-21(16-10-5-2-6-11-16)17(14-23-19)18-12-7-13-22-18/h1-14H. The quantitative estimate of drug-likeness (QED) is 0.471. The molecule has 4 heteroatoms. The lowest BCUT2D eigenvalue weighted by atomic mass is 10.3. The average molecular weight is 334 g/mol. The third-order valence-corrected chi connectivity index (χ3v) is 5.20. The molecule has 2 aromatic heterocycles. The summed E-state index contributed by atoms with van der Waals surface area (Å²) in [7, 11) is 0. The van der Waals surface area contributed by atoms with Gasteiger partial charge in [0, 0.05) is 11.1 Å². The van der Waals surface area contributed by atoms with E-state index in [0.717, 1.165) is 16.2 Å². The third kappa shape index (κ3) is 2.91. The van der Waals surface area contributed by atoms with Gasteiger partial charge in [-0.1, -0.05) is 42.5 Å². The van der Waals surface area contributed by atoms with Crippen molar-refractivity contribution in [3.8, 4) is 16.3 Å². The first kappa shape index (κ1) is 14.2. The van der Waals surface area contributed by atoms with Crippen molar-refractivity contribution in [1.29, 1.82) is 0 Å². The van der Waals surface area contributed by atoms with Gasteiger partial charge in [-0.15, -0.1) is 22.7 Å². The van der Waals surface area contributed by atoms with Crippen LogP contribution in [0.5, 0.6) is 0 Å². The molecule has 2 aromatic carbocycles. The van der Waals surface area contributed by atoms with Gasteiger partial charge in [-0.3, -0.25) is 4.57 Å². The minimum absolute atomic E-state index is 0.969. The molecule has 4 aromatic rings. The molecule has 0 radical (unpaired) electrons. The Morgan fingerprint density at radius 2 is 1.48 bits per heavy atom. The van der Waals surface area contributed by atoms with Crippen LogP contribution in [0.25, 0.3) is 16.3 Å². The topological polar surface area (TPSA) is 17.3 Å². The number of rotatable bonds is 3. The summed E-state index contributed by atoms with van der Waals surface area (Å²) in [6.07, 6.45) is 0. The molecule has 0 N–H and O–H groups in total. The lowest BCUT2D eigenvalue weighted by Crippen LogP contribution is -2.13. The molecule has 0 saturated carbocycles. The minimum Gasteiger partial charge on any atom is -0.284 e. The highest BCUT2D eigenvalue weighted by Gasteiger charge is 2.10. The van der Waals surface area contributed by atoms with E-state index in [1.165, 1.54) is 10.6 Å². The Morgan fingerprint density at radius 3 is 2.17 bits per heavy atom. The number of para-hydroxylation sites is 2. The Balaban J connectivity index is 1.96. The second kappa shape index (κ2) is 6.36. The van der Waals surface area contributed by atoms with Crippen molar-refractivity contribution < 1.29 is 0 Å². The minimum atomic E-state index is 0.969.